The van der Waals surface area contributed by atoms with Crippen molar-refractivity contribution in [3.05, 3.63) is 65.0 Å². The molecule has 0 radical (unpaired) electrons. The second kappa shape index (κ2) is 10.1. The van der Waals surface area contributed by atoms with E-state index in [1.807, 2.05) is 42.5 Å². The van der Waals surface area contributed by atoms with Gasteiger partial charge in [-0.25, -0.2) is 0 Å². The number of fused-ring (bicyclic) bond motifs is 1. The van der Waals surface area contributed by atoms with Crippen LogP contribution in [-0.2, 0) is 20.9 Å². The maximum atomic E-state index is 12.9. The molecule has 168 valence electrons. The van der Waals surface area contributed by atoms with Gasteiger partial charge in [-0.15, -0.1) is 0 Å². The molecule has 0 saturated carbocycles. The first-order valence-electron chi connectivity index (χ1n) is 10.1. The normalized spacial score (nSPS) is 12.8. The fourth-order valence-electron chi connectivity index (χ4n) is 3.59. The van der Waals surface area contributed by atoms with Crippen molar-refractivity contribution in [3.63, 3.8) is 0 Å². The minimum Gasteiger partial charge on any atom is -0.384 e. The quantitative estimate of drug-likeness (QED) is 0.466. The molecule has 2 aromatic carbocycles. The lowest BCUT2D eigenvalue weighted by atomic mass is 9.96. The molecule has 3 aromatic rings. The highest BCUT2D eigenvalue weighted by Gasteiger charge is 2.32. The standard InChI is InChI=1S/C23H26N4O5/c1-13(22(29)25-11-16-9-6-8-15-7-4-5-10-17(15)16)26-23(30)18(12-31-3)19-14(2)32-27-20(19)21(24)28/h4-10,13,18H,11-12H2,1-3H3,(H2,24,28)(H,25,29)(H,26,30)/t13-,18+/m0/s1. The summed E-state index contributed by atoms with van der Waals surface area (Å²) in [6, 6.07) is 13.0. The first-order valence-corrected chi connectivity index (χ1v) is 10.1. The van der Waals surface area contributed by atoms with E-state index in [1.165, 1.54) is 7.11 Å². The summed E-state index contributed by atoms with van der Waals surface area (Å²) in [6.07, 6.45) is 0. The molecule has 0 aliphatic carbocycles. The van der Waals surface area contributed by atoms with Gasteiger partial charge in [0.15, 0.2) is 5.69 Å². The number of nitrogens with zero attached hydrogens (tertiary/aromatic N) is 1. The van der Waals surface area contributed by atoms with Gasteiger partial charge in [-0.2, -0.15) is 0 Å². The molecule has 0 saturated heterocycles. The Balaban J connectivity index is 1.68. The zero-order chi connectivity index (χ0) is 23.3. The molecular weight excluding hydrogens is 412 g/mol. The Bertz CT molecular complexity index is 1140. The van der Waals surface area contributed by atoms with Gasteiger partial charge in [0.25, 0.3) is 5.91 Å². The molecule has 0 aliphatic rings. The van der Waals surface area contributed by atoms with Crippen LogP contribution in [0.2, 0.25) is 0 Å². The molecular formula is C23H26N4O5. The topological polar surface area (TPSA) is 137 Å². The van der Waals surface area contributed by atoms with Crippen LogP contribution in [0.5, 0.6) is 0 Å². The highest BCUT2D eigenvalue weighted by atomic mass is 16.5. The maximum absolute atomic E-state index is 12.9. The second-order valence-corrected chi connectivity index (χ2v) is 7.46. The summed E-state index contributed by atoms with van der Waals surface area (Å²) in [4.78, 5) is 37.2. The second-order valence-electron chi connectivity index (χ2n) is 7.46. The molecule has 0 aliphatic heterocycles. The van der Waals surface area contributed by atoms with Gasteiger partial charge < -0.3 is 25.6 Å². The number of amides is 3. The molecule has 0 unspecified atom stereocenters. The van der Waals surface area contributed by atoms with E-state index in [4.69, 9.17) is 15.0 Å². The summed E-state index contributed by atoms with van der Waals surface area (Å²) in [6.45, 7) is 3.43. The van der Waals surface area contributed by atoms with Crippen molar-refractivity contribution >= 4 is 28.5 Å². The number of hydrogen-bond donors (Lipinski definition) is 3. The molecule has 9 nitrogen and oxygen atoms in total. The van der Waals surface area contributed by atoms with Crippen molar-refractivity contribution in [2.45, 2.75) is 32.4 Å². The van der Waals surface area contributed by atoms with Crippen LogP contribution in [0.3, 0.4) is 0 Å². The average Bonchev–Trinajstić information content (AvgIpc) is 3.16. The Morgan fingerprint density at radius 2 is 1.84 bits per heavy atom. The van der Waals surface area contributed by atoms with Gasteiger partial charge in [0.05, 0.1) is 12.5 Å². The van der Waals surface area contributed by atoms with Crippen LogP contribution in [0.4, 0.5) is 0 Å². The number of aromatic nitrogens is 1. The number of rotatable bonds is 9. The van der Waals surface area contributed by atoms with E-state index in [0.29, 0.717) is 6.54 Å². The van der Waals surface area contributed by atoms with Gasteiger partial charge >= 0.3 is 0 Å². The highest BCUT2D eigenvalue weighted by molar-refractivity contribution is 5.96. The van der Waals surface area contributed by atoms with Gasteiger partial charge in [-0.05, 0) is 30.2 Å². The fourth-order valence-corrected chi connectivity index (χ4v) is 3.59. The van der Waals surface area contributed by atoms with E-state index in [-0.39, 0.29) is 29.5 Å². The minimum absolute atomic E-state index is 0.0431. The van der Waals surface area contributed by atoms with Gasteiger partial charge in [0.2, 0.25) is 11.8 Å². The van der Waals surface area contributed by atoms with Crippen LogP contribution < -0.4 is 16.4 Å². The summed E-state index contributed by atoms with van der Waals surface area (Å²) in [5.74, 6) is -2.30. The van der Waals surface area contributed by atoms with Gasteiger partial charge in [0.1, 0.15) is 11.8 Å². The third-order valence-electron chi connectivity index (χ3n) is 5.23. The molecule has 9 heteroatoms. The number of carbonyl (C=O) groups excluding carboxylic acids is 3. The van der Waals surface area contributed by atoms with Crippen molar-refractivity contribution in [1.29, 1.82) is 0 Å². The highest BCUT2D eigenvalue weighted by Crippen LogP contribution is 2.25. The maximum Gasteiger partial charge on any atom is 0.271 e. The van der Waals surface area contributed by atoms with Crippen LogP contribution in [0.1, 0.15) is 40.2 Å². The van der Waals surface area contributed by atoms with Crippen LogP contribution in [0.15, 0.2) is 47.0 Å². The summed E-state index contributed by atoms with van der Waals surface area (Å²) >= 11 is 0. The van der Waals surface area contributed by atoms with Crippen LogP contribution in [0.25, 0.3) is 10.8 Å². The Labute approximate surface area is 185 Å². The molecule has 3 rings (SSSR count). The zero-order valence-electron chi connectivity index (χ0n) is 18.2. The van der Waals surface area contributed by atoms with Crippen molar-refractivity contribution in [2.24, 2.45) is 5.73 Å². The molecule has 3 amide bonds. The van der Waals surface area contributed by atoms with E-state index in [0.717, 1.165) is 16.3 Å². The third-order valence-corrected chi connectivity index (χ3v) is 5.23. The number of carbonyl (C=O) groups is 3. The SMILES string of the molecule is COC[C@@H](C(=O)N[C@@H](C)C(=O)NCc1cccc2ccccc12)c1c(C(N)=O)noc1C. The minimum atomic E-state index is -0.915. The molecule has 1 aromatic heterocycles. The number of nitrogens with one attached hydrogen (secondary N) is 2. The van der Waals surface area contributed by atoms with Crippen molar-refractivity contribution in [3.8, 4) is 0 Å². The number of benzene rings is 2. The van der Waals surface area contributed by atoms with Crippen LogP contribution in [-0.4, -0.2) is 42.6 Å². The predicted octanol–water partition coefficient (Wildman–Crippen LogP) is 1.79. The Morgan fingerprint density at radius 1 is 1.12 bits per heavy atom. The summed E-state index contributed by atoms with van der Waals surface area (Å²) < 4.78 is 10.2. The van der Waals surface area contributed by atoms with Crippen LogP contribution >= 0.6 is 0 Å². The van der Waals surface area contributed by atoms with E-state index in [1.54, 1.807) is 13.8 Å². The lowest BCUT2D eigenvalue weighted by Crippen LogP contribution is -2.46. The van der Waals surface area contributed by atoms with E-state index in [9.17, 15) is 14.4 Å². The number of hydrogen-bond acceptors (Lipinski definition) is 6. The molecule has 0 fully saturated rings. The number of methoxy groups -OCH3 is 1. The Hall–Kier alpha value is -3.72. The first kappa shape index (κ1) is 23.0. The summed E-state index contributed by atoms with van der Waals surface area (Å²) in [7, 11) is 1.42. The predicted molar refractivity (Wildman–Crippen MR) is 118 cm³/mol. The smallest absolute Gasteiger partial charge is 0.271 e. The number of aryl methyl sites for hydroxylation is 1. The number of ether oxygens (including phenoxy) is 1. The monoisotopic (exact) mass is 438 g/mol. The molecule has 0 bridgehead atoms. The molecule has 0 spiro atoms. The van der Waals surface area contributed by atoms with Crippen molar-refractivity contribution in [2.75, 3.05) is 13.7 Å². The molecule has 4 N–H and O–H groups in total. The van der Waals surface area contributed by atoms with Gasteiger partial charge in [-0.3, -0.25) is 14.4 Å². The number of nitrogens with two attached hydrogens (primary N) is 1. The molecule has 32 heavy (non-hydrogen) atoms. The van der Waals surface area contributed by atoms with Gasteiger partial charge in [0, 0.05) is 19.2 Å². The Kier molecular flexibility index (Phi) is 7.21. The van der Waals surface area contributed by atoms with Gasteiger partial charge in [-0.1, -0.05) is 47.6 Å². The lowest BCUT2D eigenvalue weighted by Gasteiger charge is -2.20. The Morgan fingerprint density at radius 3 is 2.56 bits per heavy atom. The molecule has 1 heterocycles. The average molecular weight is 438 g/mol. The van der Waals surface area contributed by atoms with E-state index >= 15 is 0 Å². The molecule has 2 atom stereocenters. The largest absolute Gasteiger partial charge is 0.384 e. The lowest BCUT2D eigenvalue weighted by molar-refractivity contribution is -0.130. The number of primary amides is 1. The van der Waals surface area contributed by atoms with E-state index < -0.39 is 23.8 Å². The van der Waals surface area contributed by atoms with E-state index in [2.05, 4.69) is 15.8 Å². The third kappa shape index (κ3) is 4.94. The summed E-state index contributed by atoms with van der Waals surface area (Å²) in [5, 5.41) is 11.3. The van der Waals surface area contributed by atoms with Crippen LogP contribution in [0, 0.1) is 6.92 Å². The fraction of sp³-hybridized carbons (Fsp3) is 0.304. The summed E-state index contributed by atoms with van der Waals surface area (Å²) in [5.41, 5.74) is 6.44. The van der Waals surface area contributed by atoms with Crippen molar-refractivity contribution < 1.29 is 23.6 Å². The van der Waals surface area contributed by atoms with Crippen molar-refractivity contribution in [1.82, 2.24) is 15.8 Å². The first-order chi connectivity index (χ1) is 15.3. The zero-order valence-corrected chi connectivity index (χ0v) is 18.2.